The molecule has 3 aromatic rings. The van der Waals surface area contributed by atoms with Crippen molar-refractivity contribution in [2.24, 2.45) is 0 Å². The van der Waals surface area contributed by atoms with E-state index >= 15 is 0 Å². The van der Waals surface area contributed by atoms with Gasteiger partial charge in [0.15, 0.2) is 5.06 Å². The zero-order valence-corrected chi connectivity index (χ0v) is 16.9. The Labute approximate surface area is 171 Å². The van der Waals surface area contributed by atoms with E-state index in [1.165, 1.54) is 24.3 Å². The van der Waals surface area contributed by atoms with Crippen LogP contribution in [0.4, 0.5) is 8.78 Å². The van der Waals surface area contributed by atoms with Crippen LogP contribution < -0.4 is 9.46 Å². The van der Waals surface area contributed by atoms with E-state index in [9.17, 15) is 22.0 Å². The summed E-state index contributed by atoms with van der Waals surface area (Å²) < 4.78 is 59.0. The molecule has 0 fully saturated rings. The van der Waals surface area contributed by atoms with Gasteiger partial charge in [-0.25, -0.2) is 21.9 Å². The molecule has 9 heteroatoms. The molecule has 1 N–H and O–H groups in total. The van der Waals surface area contributed by atoms with E-state index in [-0.39, 0.29) is 28.5 Å². The summed E-state index contributed by atoms with van der Waals surface area (Å²) in [5.74, 6) is -1.81. The normalized spacial score (nSPS) is 11.4. The third-order valence-corrected chi connectivity index (χ3v) is 6.42. The van der Waals surface area contributed by atoms with E-state index in [0.29, 0.717) is 4.88 Å². The molecule has 5 nitrogen and oxygen atoms in total. The molecule has 152 valence electrons. The average Bonchev–Trinajstić information content (AvgIpc) is 3.12. The number of aryl methyl sites for hydroxylation is 1. The quantitative estimate of drug-likeness (QED) is 0.560. The van der Waals surface area contributed by atoms with Crippen molar-refractivity contribution in [3.8, 4) is 15.5 Å². The summed E-state index contributed by atoms with van der Waals surface area (Å²) in [6.45, 7) is 1.71. The number of halogens is 2. The molecule has 0 amide bonds. The highest BCUT2D eigenvalue weighted by atomic mass is 32.2. The molecule has 0 aliphatic heterocycles. The Morgan fingerprint density at radius 1 is 1.07 bits per heavy atom. The molecule has 1 aromatic heterocycles. The van der Waals surface area contributed by atoms with Crippen LogP contribution in [0.25, 0.3) is 10.4 Å². The monoisotopic (exact) mass is 437 g/mol. The SMILES string of the molecule is Cc1ccc(S(=O)(=O)NCCC(=O)Oc2ccc(-c3cc(F)ccc3F)s2)cc1. The number of carbonyl (C=O) groups is 1. The minimum atomic E-state index is -3.72. The third-order valence-electron chi connectivity index (χ3n) is 3.94. The number of benzene rings is 2. The first-order valence-corrected chi connectivity index (χ1v) is 10.9. The Morgan fingerprint density at radius 3 is 2.52 bits per heavy atom. The van der Waals surface area contributed by atoms with Gasteiger partial charge in [-0.1, -0.05) is 29.0 Å². The van der Waals surface area contributed by atoms with Crippen molar-refractivity contribution in [3.63, 3.8) is 0 Å². The van der Waals surface area contributed by atoms with Gasteiger partial charge in [0.1, 0.15) is 11.6 Å². The van der Waals surface area contributed by atoms with E-state index in [1.807, 2.05) is 6.92 Å². The van der Waals surface area contributed by atoms with Crippen LogP contribution in [0, 0.1) is 18.6 Å². The number of rotatable bonds is 7. The molecule has 0 spiro atoms. The molecule has 0 aliphatic rings. The van der Waals surface area contributed by atoms with Gasteiger partial charge in [-0.2, -0.15) is 0 Å². The topological polar surface area (TPSA) is 72.5 Å². The van der Waals surface area contributed by atoms with E-state index in [2.05, 4.69) is 4.72 Å². The van der Waals surface area contributed by atoms with Gasteiger partial charge in [-0.05, 0) is 49.4 Å². The number of carbonyl (C=O) groups excluding carboxylic acids is 1. The molecule has 0 saturated heterocycles. The van der Waals surface area contributed by atoms with Gasteiger partial charge >= 0.3 is 5.97 Å². The third kappa shape index (κ3) is 5.47. The van der Waals surface area contributed by atoms with Crippen molar-refractivity contribution in [1.82, 2.24) is 4.72 Å². The van der Waals surface area contributed by atoms with Gasteiger partial charge in [0, 0.05) is 17.0 Å². The molecular formula is C20H17F2NO4S2. The van der Waals surface area contributed by atoms with Crippen LogP contribution in [0.15, 0.2) is 59.5 Å². The second-order valence-electron chi connectivity index (χ2n) is 6.18. The number of nitrogens with one attached hydrogen (secondary N) is 1. The molecule has 0 saturated carbocycles. The van der Waals surface area contributed by atoms with Crippen LogP contribution in [0.1, 0.15) is 12.0 Å². The number of hydrogen-bond acceptors (Lipinski definition) is 5. The summed E-state index contributed by atoms with van der Waals surface area (Å²) in [5.41, 5.74) is 1.00. The van der Waals surface area contributed by atoms with Crippen molar-refractivity contribution in [2.45, 2.75) is 18.2 Å². The van der Waals surface area contributed by atoms with Gasteiger partial charge in [-0.3, -0.25) is 4.79 Å². The van der Waals surface area contributed by atoms with Crippen molar-refractivity contribution >= 4 is 27.3 Å². The number of thiophene rings is 1. The van der Waals surface area contributed by atoms with E-state index in [0.717, 1.165) is 35.1 Å². The second kappa shape index (κ2) is 8.81. The lowest BCUT2D eigenvalue weighted by molar-refractivity contribution is -0.133. The van der Waals surface area contributed by atoms with Crippen LogP contribution >= 0.6 is 11.3 Å². The minimum absolute atomic E-state index is 0.0724. The number of ether oxygens (including phenoxy) is 1. The molecule has 1 heterocycles. The Morgan fingerprint density at radius 2 is 1.79 bits per heavy atom. The summed E-state index contributed by atoms with van der Waals surface area (Å²) in [6.07, 6.45) is -0.188. The smallest absolute Gasteiger partial charge is 0.313 e. The molecule has 3 rings (SSSR count). The highest BCUT2D eigenvalue weighted by Gasteiger charge is 2.16. The predicted molar refractivity (Wildman–Crippen MR) is 106 cm³/mol. The second-order valence-corrected chi connectivity index (χ2v) is 8.99. The number of esters is 1. The lowest BCUT2D eigenvalue weighted by Gasteiger charge is -2.07. The van der Waals surface area contributed by atoms with Crippen molar-refractivity contribution in [3.05, 3.63) is 71.8 Å². The van der Waals surface area contributed by atoms with Crippen molar-refractivity contribution in [2.75, 3.05) is 6.54 Å². The van der Waals surface area contributed by atoms with Gasteiger partial charge in [0.25, 0.3) is 0 Å². The van der Waals surface area contributed by atoms with Crippen LogP contribution in [-0.4, -0.2) is 20.9 Å². The molecule has 0 radical (unpaired) electrons. The lowest BCUT2D eigenvalue weighted by atomic mass is 10.2. The fourth-order valence-electron chi connectivity index (χ4n) is 2.46. The Balaban J connectivity index is 1.56. The number of sulfonamides is 1. The van der Waals surface area contributed by atoms with Gasteiger partial charge in [0.05, 0.1) is 11.3 Å². The molecule has 0 atom stereocenters. The molecular weight excluding hydrogens is 420 g/mol. The largest absolute Gasteiger partial charge is 0.415 e. The molecule has 0 aliphatic carbocycles. The Hall–Kier alpha value is -2.62. The van der Waals surface area contributed by atoms with Crippen LogP contribution in [0.3, 0.4) is 0 Å². The molecule has 29 heavy (non-hydrogen) atoms. The minimum Gasteiger partial charge on any atom is -0.415 e. The summed E-state index contributed by atoms with van der Waals surface area (Å²) in [5, 5.41) is 0.204. The standard InChI is InChI=1S/C20H17F2NO4S2/c1-13-2-5-15(6-3-13)29(25,26)23-11-10-19(24)27-20-9-8-18(28-20)16-12-14(21)4-7-17(16)22/h2-9,12,23H,10-11H2,1H3. The van der Waals surface area contributed by atoms with E-state index in [4.69, 9.17) is 4.74 Å². The van der Waals surface area contributed by atoms with E-state index in [1.54, 1.807) is 12.1 Å². The van der Waals surface area contributed by atoms with E-state index < -0.39 is 27.6 Å². The molecule has 0 bridgehead atoms. The first-order chi connectivity index (χ1) is 13.7. The highest BCUT2D eigenvalue weighted by Crippen LogP contribution is 2.34. The van der Waals surface area contributed by atoms with Crippen LogP contribution in [0.2, 0.25) is 0 Å². The summed E-state index contributed by atoms with van der Waals surface area (Å²) in [4.78, 5) is 12.5. The Bertz CT molecular complexity index is 1130. The van der Waals surface area contributed by atoms with Crippen molar-refractivity contribution < 1.29 is 26.7 Å². The maximum Gasteiger partial charge on any atom is 0.313 e. The predicted octanol–water partition coefficient (Wildman–Crippen LogP) is 4.28. The maximum atomic E-state index is 13.8. The average molecular weight is 437 g/mol. The van der Waals surface area contributed by atoms with Crippen LogP contribution in [-0.2, 0) is 14.8 Å². The highest BCUT2D eigenvalue weighted by molar-refractivity contribution is 7.89. The summed E-state index contributed by atoms with van der Waals surface area (Å²) in [6, 6.07) is 12.4. The number of hydrogen-bond donors (Lipinski definition) is 1. The summed E-state index contributed by atoms with van der Waals surface area (Å²) >= 11 is 0.986. The van der Waals surface area contributed by atoms with Gasteiger partial charge in [0.2, 0.25) is 10.0 Å². The van der Waals surface area contributed by atoms with Gasteiger partial charge < -0.3 is 4.74 Å². The lowest BCUT2D eigenvalue weighted by Crippen LogP contribution is -2.27. The molecule has 2 aromatic carbocycles. The fraction of sp³-hybridized carbons (Fsp3) is 0.150. The Kier molecular flexibility index (Phi) is 6.41. The van der Waals surface area contributed by atoms with Crippen molar-refractivity contribution in [1.29, 1.82) is 0 Å². The fourth-order valence-corrected chi connectivity index (χ4v) is 4.38. The zero-order valence-electron chi connectivity index (χ0n) is 15.3. The maximum absolute atomic E-state index is 13.8. The first kappa shape index (κ1) is 21.1. The van der Waals surface area contributed by atoms with Gasteiger partial charge in [-0.15, -0.1) is 0 Å². The summed E-state index contributed by atoms with van der Waals surface area (Å²) in [7, 11) is -3.72. The molecule has 0 unspecified atom stereocenters. The zero-order chi connectivity index (χ0) is 21.0. The first-order valence-electron chi connectivity index (χ1n) is 8.57. The van der Waals surface area contributed by atoms with Crippen LogP contribution in [0.5, 0.6) is 5.06 Å².